The van der Waals surface area contributed by atoms with E-state index in [2.05, 4.69) is 22.0 Å². The molecule has 1 nitrogen and oxygen atoms in total. The van der Waals surface area contributed by atoms with Gasteiger partial charge in [0.15, 0.2) is 0 Å². The number of nitriles is 1. The Labute approximate surface area is 90.6 Å². The Morgan fingerprint density at radius 1 is 1.54 bits per heavy atom. The van der Waals surface area contributed by atoms with Crippen molar-refractivity contribution in [3.63, 3.8) is 0 Å². The second kappa shape index (κ2) is 5.11. The summed E-state index contributed by atoms with van der Waals surface area (Å²) >= 11 is 4.98. The Hall–Kier alpha value is -0.720. The monoisotopic (exact) mass is 253 g/mol. The summed E-state index contributed by atoms with van der Waals surface area (Å²) in [5.41, 5.74) is 0.723. The van der Waals surface area contributed by atoms with Gasteiger partial charge >= 0.3 is 0 Å². The number of benzene rings is 1. The van der Waals surface area contributed by atoms with Crippen molar-refractivity contribution < 1.29 is 0 Å². The average molecular weight is 254 g/mol. The third-order valence-corrected chi connectivity index (χ3v) is 3.41. The first-order valence-corrected chi connectivity index (χ1v) is 5.39. The van der Waals surface area contributed by atoms with Crippen LogP contribution < -0.4 is 0 Å². The highest BCUT2D eigenvalue weighted by Crippen LogP contribution is 2.28. The van der Waals surface area contributed by atoms with Crippen LogP contribution in [-0.2, 0) is 0 Å². The molecule has 3 heteroatoms. The fraction of sp³-hybridized carbons (Fsp3) is 0.100. The zero-order valence-corrected chi connectivity index (χ0v) is 9.52. The predicted octanol–water partition coefficient (Wildman–Crippen LogP) is 3.97. The molecule has 1 rings (SSSR count). The average Bonchev–Trinajstić information content (AvgIpc) is 2.16. The van der Waals surface area contributed by atoms with Crippen LogP contribution in [0.5, 0.6) is 0 Å². The third kappa shape index (κ3) is 3.25. The van der Waals surface area contributed by atoms with Crippen molar-refractivity contribution in [2.45, 2.75) is 11.8 Å². The van der Waals surface area contributed by atoms with Crippen LogP contribution in [0.15, 0.2) is 44.6 Å². The molecule has 0 bridgehead atoms. The molecule has 0 atom stereocenters. The fourth-order valence-corrected chi connectivity index (χ4v) is 1.98. The minimum absolute atomic E-state index is 0.723. The summed E-state index contributed by atoms with van der Waals surface area (Å²) in [6, 6.07) is 10.0. The molecule has 0 aliphatic rings. The van der Waals surface area contributed by atoms with Gasteiger partial charge in [0, 0.05) is 14.9 Å². The quantitative estimate of drug-likeness (QED) is 0.589. The van der Waals surface area contributed by atoms with Gasteiger partial charge in [-0.1, -0.05) is 23.9 Å². The van der Waals surface area contributed by atoms with Crippen LogP contribution in [0.4, 0.5) is 0 Å². The number of rotatable bonds is 2. The lowest BCUT2D eigenvalue weighted by molar-refractivity contribution is 1.41. The zero-order valence-electron chi connectivity index (χ0n) is 7.12. The van der Waals surface area contributed by atoms with Crippen molar-refractivity contribution in [2.24, 2.45) is 0 Å². The van der Waals surface area contributed by atoms with Crippen molar-refractivity contribution >= 4 is 27.7 Å². The molecule has 66 valence electrons. The van der Waals surface area contributed by atoms with Gasteiger partial charge in [0.05, 0.1) is 6.07 Å². The molecule has 0 radical (unpaired) electrons. The number of halogens is 1. The maximum Gasteiger partial charge on any atom is 0.0949 e. The highest BCUT2D eigenvalue weighted by molar-refractivity contribution is 9.10. The van der Waals surface area contributed by atoms with Crippen LogP contribution in [0, 0.1) is 11.3 Å². The van der Waals surface area contributed by atoms with Gasteiger partial charge < -0.3 is 0 Å². The summed E-state index contributed by atoms with van der Waals surface area (Å²) in [5, 5.41) is 10.4. The first-order valence-electron chi connectivity index (χ1n) is 3.72. The number of hydrogen-bond acceptors (Lipinski definition) is 2. The topological polar surface area (TPSA) is 23.8 Å². The highest BCUT2D eigenvalue weighted by Gasteiger charge is 1.96. The van der Waals surface area contributed by atoms with E-state index in [0.29, 0.717) is 0 Å². The number of allylic oxidation sites excluding steroid dienone is 1. The third-order valence-electron chi connectivity index (χ3n) is 1.38. The van der Waals surface area contributed by atoms with E-state index < -0.39 is 0 Å². The van der Waals surface area contributed by atoms with Crippen molar-refractivity contribution in [3.05, 3.63) is 39.7 Å². The SMILES string of the molecule is CC(C#N)=CSc1ccccc1Br. The van der Waals surface area contributed by atoms with Crippen molar-refractivity contribution in [1.29, 1.82) is 5.26 Å². The molecule has 0 heterocycles. The van der Waals surface area contributed by atoms with Gasteiger partial charge in [-0.15, -0.1) is 0 Å². The van der Waals surface area contributed by atoms with E-state index >= 15 is 0 Å². The molecule has 0 N–H and O–H groups in total. The molecule has 0 aliphatic carbocycles. The van der Waals surface area contributed by atoms with Crippen molar-refractivity contribution in [1.82, 2.24) is 0 Å². The van der Waals surface area contributed by atoms with Crippen LogP contribution in [-0.4, -0.2) is 0 Å². The standard InChI is InChI=1S/C10H8BrNS/c1-8(6-12)7-13-10-5-3-2-4-9(10)11/h2-5,7H,1H3. The Morgan fingerprint density at radius 2 is 2.23 bits per heavy atom. The first-order chi connectivity index (χ1) is 6.24. The maximum atomic E-state index is 8.54. The summed E-state index contributed by atoms with van der Waals surface area (Å²) in [6.07, 6.45) is 0. The molecular formula is C10H8BrNS. The summed E-state index contributed by atoms with van der Waals surface area (Å²) in [4.78, 5) is 1.12. The predicted molar refractivity (Wildman–Crippen MR) is 59.4 cm³/mol. The molecule has 0 saturated carbocycles. The van der Waals surface area contributed by atoms with E-state index in [1.54, 1.807) is 18.7 Å². The van der Waals surface area contributed by atoms with E-state index in [4.69, 9.17) is 5.26 Å². The normalized spacial score (nSPS) is 11.0. The minimum atomic E-state index is 0.723. The van der Waals surface area contributed by atoms with Gasteiger partial charge in [-0.2, -0.15) is 5.26 Å². The smallest absolute Gasteiger partial charge is 0.0949 e. The van der Waals surface area contributed by atoms with Gasteiger partial charge in [0.25, 0.3) is 0 Å². The fourth-order valence-electron chi connectivity index (χ4n) is 0.719. The second-order valence-corrected chi connectivity index (χ2v) is 4.23. The van der Waals surface area contributed by atoms with Crippen molar-refractivity contribution in [3.8, 4) is 6.07 Å². The molecule has 1 aromatic rings. The molecular weight excluding hydrogens is 246 g/mol. The van der Waals surface area contributed by atoms with Gasteiger partial charge in [-0.3, -0.25) is 0 Å². The Balaban J connectivity index is 2.77. The maximum absolute atomic E-state index is 8.54. The lowest BCUT2D eigenvalue weighted by Gasteiger charge is -1.98. The molecule has 1 aromatic carbocycles. The molecule has 0 saturated heterocycles. The Bertz CT molecular complexity index is 365. The molecule has 0 unspecified atom stereocenters. The van der Waals surface area contributed by atoms with E-state index in [1.165, 1.54) is 0 Å². The molecule has 0 aromatic heterocycles. The molecule has 0 spiro atoms. The van der Waals surface area contributed by atoms with E-state index in [9.17, 15) is 0 Å². The van der Waals surface area contributed by atoms with Crippen LogP contribution in [0.2, 0.25) is 0 Å². The molecule has 0 fully saturated rings. The molecule has 13 heavy (non-hydrogen) atoms. The summed E-state index contributed by atoms with van der Waals surface area (Å²) in [7, 11) is 0. The number of thioether (sulfide) groups is 1. The van der Waals surface area contributed by atoms with E-state index in [-0.39, 0.29) is 0 Å². The van der Waals surface area contributed by atoms with Gasteiger partial charge in [0.1, 0.15) is 0 Å². The van der Waals surface area contributed by atoms with Gasteiger partial charge in [-0.05, 0) is 40.4 Å². The Morgan fingerprint density at radius 3 is 2.85 bits per heavy atom. The second-order valence-electron chi connectivity index (χ2n) is 2.46. The lowest BCUT2D eigenvalue weighted by Crippen LogP contribution is -1.71. The molecule has 0 aliphatic heterocycles. The largest absolute Gasteiger partial charge is 0.193 e. The van der Waals surface area contributed by atoms with Crippen LogP contribution >= 0.6 is 27.7 Å². The molecule has 0 amide bonds. The minimum Gasteiger partial charge on any atom is -0.193 e. The first kappa shape index (κ1) is 10.4. The van der Waals surface area contributed by atoms with E-state index in [1.807, 2.05) is 29.7 Å². The zero-order chi connectivity index (χ0) is 9.68. The van der Waals surface area contributed by atoms with Crippen molar-refractivity contribution in [2.75, 3.05) is 0 Å². The summed E-state index contributed by atoms with van der Waals surface area (Å²) < 4.78 is 1.06. The lowest BCUT2D eigenvalue weighted by atomic mass is 10.4. The van der Waals surface area contributed by atoms with E-state index in [0.717, 1.165) is 14.9 Å². The number of hydrogen-bond donors (Lipinski definition) is 0. The highest BCUT2D eigenvalue weighted by atomic mass is 79.9. The van der Waals surface area contributed by atoms with Crippen LogP contribution in [0.25, 0.3) is 0 Å². The summed E-state index contributed by atoms with van der Waals surface area (Å²) in [5.74, 6) is 0. The Kier molecular flexibility index (Phi) is 4.07. The van der Waals surface area contributed by atoms with Crippen LogP contribution in [0.3, 0.4) is 0 Å². The van der Waals surface area contributed by atoms with Gasteiger partial charge in [0.2, 0.25) is 0 Å². The van der Waals surface area contributed by atoms with Crippen LogP contribution in [0.1, 0.15) is 6.92 Å². The van der Waals surface area contributed by atoms with Gasteiger partial charge in [-0.25, -0.2) is 0 Å². The number of nitrogens with zero attached hydrogens (tertiary/aromatic N) is 1. The summed E-state index contributed by atoms with van der Waals surface area (Å²) in [6.45, 7) is 1.80.